The minimum atomic E-state index is 0.432. The molecule has 2 heteroatoms. The molecule has 80 valence electrons. The lowest BCUT2D eigenvalue weighted by atomic mass is 10.0. The van der Waals surface area contributed by atoms with E-state index in [0.717, 1.165) is 11.1 Å². The van der Waals surface area contributed by atoms with Crippen LogP contribution in [0.4, 0.5) is 0 Å². The zero-order valence-corrected chi connectivity index (χ0v) is 9.01. The summed E-state index contributed by atoms with van der Waals surface area (Å²) in [5.41, 5.74) is 3.50. The number of ether oxygens (including phenoxy) is 1. The molecule has 2 aromatic rings. The first-order chi connectivity index (χ1) is 7.79. The van der Waals surface area contributed by atoms with Gasteiger partial charge in [-0.25, -0.2) is 0 Å². The van der Waals surface area contributed by atoms with Gasteiger partial charge in [0.2, 0.25) is 0 Å². The van der Waals surface area contributed by atoms with E-state index in [4.69, 9.17) is 4.74 Å². The van der Waals surface area contributed by atoms with Crippen LogP contribution in [-0.2, 0) is 4.79 Å². The van der Waals surface area contributed by atoms with Gasteiger partial charge in [-0.15, -0.1) is 0 Å². The van der Waals surface area contributed by atoms with E-state index < -0.39 is 0 Å². The first-order valence-electron chi connectivity index (χ1n) is 5.07. The molecular formula is C14H12O2. The highest BCUT2D eigenvalue weighted by molar-refractivity contribution is 5.65. The van der Waals surface area contributed by atoms with E-state index >= 15 is 0 Å². The third kappa shape index (κ3) is 2.28. The van der Waals surface area contributed by atoms with Gasteiger partial charge in [0.25, 0.3) is 6.47 Å². The summed E-state index contributed by atoms with van der Waals surface area (Å²) < 4.78 is 4.74. The Morgan fingerprint density at radius 1 is 1.00 bits per heavy atom. The van der Waals surface area contributed by atoms with E-state index in [1.807, 2.05) is 18.2 Å². The Balaban J connectivity index is 2.31. The Labute approximate surface area is 94.5 Å². The average Bonchev–Trinajstić information content (AvgIpc) is 2.30. The molecule has 0 N–H and O–H groups in total. The second kappa shape index (κ2) is 4.62. The highest BCUT2D eigenvalue weighted by Crippen LogP contribution is 2.22. The average molecular weight is 212 g/mol. The molecular weight excluding hydrogens is 200 g/mol. The molecule has 0 aliphatic rings. The van der Waals surface area contributed by atoms with Gasteiger partial charge in [0.15, 0.2) is 0 Å². The summed E-state index contributed by atoms with van der Waals surface area (Å²) in [6.07, 6.45) is 0. The third-order valence-electron chi connectivity index (χ3n) is 2.39. The van der Waals surface area contributed by atoms with Gasteiger partial charge in [-0.3, -0.25) is 4.79 Å². The van der Waals surface area contributed by atoms with Crippen molar-refractivity contribution in [2.75, 3.05) is 0 Å². The van der Waals surface area contributed by atoms with Crippen molar-refractivity contribution in [3.8, 4) is 16.9 Å². The highest BCUT2D eigenvalue weighted by atomic mass is 16.5. The highest BCUT2D eigenvalue weighted by Gasteiger charge is 1.98. The first kappa shape index (κ1) is 10.4. The molecule has 0 bridgehead atoms. The Hall–Kier alpha value is -2.09. The second-order valence-electron chi connectivity index (χ2n) is 3.61. The SMILES string of the molecule is Cc1cccc(-c2ccc(OC=O)cc2)c1. The van der Waals surface area contributed by atoms with Crippen molar-refractivity contribution in [3.63, 3.8) is 0 Å². The van der Waals surface area contributed by atoms with E-state index in [1.165, 1.54) is 5.56 Å². The van der Waals surface area contributed by atoms with Crippen molar-refractivity contribution in [1.82, 2.24) is 0 Å². The standard InChI is InChI=1S/C14H12O2/c1-11-3-2-4-13(9-11)12-5-7-14(8-6-12)16-10-15/h2-10H,1H3. The molecule has 0 fully saturated rings. The largest absolute Gasteiger partial charge is 0.429 e. The van der Waals surface area contributed by atoms with Crippen molar-refractivity contribution in [2.45, 2.75) is 6.92 Å². The van der Waals surface area contributed by atoms with Crippen LogP contribution in [0, 0.1) is 6.92 Å². The molecule has 0 amide bonds. The fraction of sp³-hybridized carbons (Fsp3) is 0.0714. The van der Waals surface area contributed by atoms with E-state index in [9.17, 15) is 4.79 Å². The Morgan fingerprint density at radius 3 is 2.38 bits per heavy atom. The number of benzene rings is 2. The van der Waals surface area contributed by atoms with Crippen LogP contribution < -0.4 is 4.74 Å². The lowest BCUT2D eigenvalue weighted by Crippen LogP contribution is -1.87. The molecule has 16 heavy (non-hydrogen) atoms. The van der Waals surface area contributed by atoms with Crippen LogP contribution in [0.25, 0.3) is 11.1 Å². The molecule has 0 heterocycles. The zero-order valence-electron chi connectivity index (χ0n) is 9.01. The monoisotopic (exact) mass is 212 g/mol. The van der Waals surface area contributed by atoms with E-state index in [1.54, 1.807) is 12.1 Å². The molecule has 0 saturated heterocycles. The topological polar surface area (TPSA) is 26.3 Å². The van der Waals surface area contributed by atoms with Crippen molar-refractivity contribution in [3.05, 3.63) is 54.1 Å². The zero-order chi connectivity index (χ0) is 11.4. The molecule has 2 aromatic carbocycles. The lowest BCUT2D eigenvalue weighted by molar-refractivity contribution is -0.120. The molecule has 0 aromatic heterocycles. The van der Waals surface area contributed by atoms with Crippen LogP contribution >= 0.6 is 0 Å². The van der Waals surface area contributed by atoms with Gasteiger partial charge in [-0.2, -0.15) is 0 Å². The predicted molar refractivity (Wildman–Crippen MR) is 63.3 cm³/mol. The Morgan fingerprint density at radius 2 is 1.75 bits per heavy atom. The summed E-state index contributed by atoms with van der Waals surface area (Å²) in [6.45, 7) is 2.50. The molecule has 2 nitrogen and oxygen atoms in total. The van der Waals surface area contributed by atoms with Crippen molar-refractivity contribution in [2.24, 2.45) is 0 Å². The fourth-order valence-electron chi connectivity index (χ4n) is 1.61. The maximum atomic E-state index is 10.2. The first-order valence-corrected chi connectivity index (χ1v) is 5.07. The van der Waals surface area contributed by atoms with Gasteiger partial charge < -0.3 is 4.74 Å². The second-order valence-corrected chi connectivity index (χ2v) is 3.61. The summed E-state index contributed by atoms with van der Waals surface area (Å²) >= 11 is 0. The number of carbonyl (C=O) groups excluding carboxylic acids is 1. The van der Waals surface area contributed by atoms with Gasteiger partial charge >= 0.3 is 0 Å². The summed E-state index contributed by atoms with van der Waals surface area (Å²) in [5.74, 6) is 0.561. The third-order valence-corrected chi connectivity index (χ3v) is 2.39. The number of hydrogen-bond donors (Lipinski definition) is 0. The van der Waals surface area contributed by atoms with Gasteiger partial charge in [0, 0.05) is 0 Å². The molecule has 0 aliphatic heterocycles. The van der Waals surface area contributed by atoms with Crippen molar-refractivity contribution < 1.29 is 9.53 Å². The van der Waals surface area contributed by atoms with Gasteiger partial charge in [0.1, 0.15) is 5.75 Å². The van der Waals surface area contributed by atoms with Crippen LogP contribution in [-0.4, -0.2) is 6.47 Å². The molecule has 0 unspecified atom stereocenters. The van der Waals surface area contributed by atoms with Gasteiger partial charge in [-0.05, 0) is 30.2 Å². The summed E-state index contributed by atoms with van der Waals surface area (Å²) in [4.78, 5) is 10.2. The number of aryl methyl sites for hydroxylation is 1. The van der Waals surface area contributed by atoms with Crippen LogP contribution in [0.5, 0.6) is 5.75 Å². The van der Waals surface area contributed by atoms with E-state index in [0.29, 0.717) is 12.2 Å². The Kier molecular flexibility index (Phi) is 3.01. The van der Waals surface area contributed by atoms with E-state index in [-0.39, 0.29) is 0 Å². The molecule has 2 rings (SSSR count). The molecule has 0 aliphatic carbocycles. The fourth-order valence-corrected chi connectivity index (χ4v) is 1.61. The van der Waals surface area contributed by atoms with Gasteiger partial charge in [0.05, 0.1) is 0 Å². The lowest BCUT2D eigenvalue weighted by Gasteiger charge is -2.03. The molecule has 0 spiro atoms. The van der Waals surface area contributed by atoms with Gasteiger partial charge in [-0.1, -0.05) is 42.0 Å². The number of carbonyl (C=O) groups is 1. The molecule has 0 radical (unpaired) electrons. The number of hydrogen-bond acceptors (Lipinski definition) is 2. The van der Waals surface area contributed by atoms with Crippen LogP contribution in [0.1, 0.15) is 5.56 Å². The molecule has 0 atom stereocenters. The normalized spacial score (nSPS) is 9.81. The summed E-state index contributed by atoms with van der Waals surface area (Å²) in [6, 6.07) is 15.7. The smallest absolute Gasteiger partial charge is 0.298 e. The minimum absolute atomic E-state index is 0.432. The number of rotatable bonds is 3. The summed E-state index contributed by atoms with van der Waals surface area (Å²) in [5, 5.41) is 0. The van der Waals surface area contributed by atoms with E-state index in [2.05, 4.69) is 25.1 Å². The van der Waals surface area contributed by atoms with Crippen LogP contribution in [0.3, 0.4) is 0 Å². The predicted octanol–water partition coefficient (Wildman–Crippen LogP) is 3.20. The minimum Gasteiger partial charge on any atom is -0.429 e. The maximum absolute atomic E-state index is 10.2. The molecule has 0 saturated carbocycles. The van der Waals surface area contributed by atoms with Crippen molar-refractivity contribution in [1.29, 1.82) is 0 Å². The van der Waals surface area contributed by atoms with Crippen LogP contribution in [0.15, 0.2) is 48.5 Å². The van der Waals surface area contributed by atoms with Crippen molar-refractivity contribution >= 4 is 6.47 Å². The Bertz CT molecular complexity index is 486. The quantitative estimate of drug-likeness (QED) is 0.730. The summed E-state index contributed by atoms with van der Waals surface area (Å²) in [7, 11) is 0. The van der Waals surface area contributed by atoms with Crippen LogP contribution in [0.2, 0.25) is 0 Å². The maximum Gasteiger partial charge on any atom is 0.298 e.